The maximum Gasteiger partial charge on any atom is 0.409 e. The number of allylic oxidation sites excluding steroid dienone is 1. The van der Waals surface area contributed by atoms with Gasteiger partial charge in [0.15, 0.2) is 0 Å². The molecule has 7 atom stereocenters. The van der Waals surface area contributed by atoms with E-state index in [9.17, 15) is 15.0 Å². The molecular formula is C48H60N2O9. The lowest BCUT2D eigenvalue weighted by Crippen LogP contribution is -2.69. The zero-order chi connectivity index (χ0) is 41.2. The lowest BCUT2D eigenvalue weighted by atomic mass is 9.55. The lowest BCUT2D eigenvalue weighted by molar-refractivity contribution is -0.254. The summed E-state index contributed by atoms with van der Waals surface area (Å²) in [6.45, 7) is 7.02. The number of likely N-dealkylation sites (N-methyl/N-ethyl adjacent to an activating group) is 1. The van der Waals surface area contributed by atoms with Crippen molar-refractivity contribution in [2.24, 2.45) is 22.9 Å². The minimum atomic E-state index is -1.36. The van der Waals surface area contributed by atoms with E-state index in [4.69, 9.17) is 33.7 Å². The van der Waals surface area contributed by atoms with Crippen molar-refractivity contribution in [2.45, 2.75) is 95.2 Å². The summed E-state index contributed by atoms with van der Waals surface area (Å²) >= 11 is 0. The van der Waals surface area contributed by atoms with E-state index in [-0.39, 0.29) is 50.6 Å². The largest absolute Gasteiger partial charge is 0.459 e. The zero-order valence-electron chi connectivity index (χ0n) is 34.5. The average molecular weight is 809 g/mol. The molecule has 2 N–H and O–H groups in total. The predicted octanol–water partition coefficient (Wildman–Crippen LogP) is 9.39. The van der Waals surface area contributed by atoms with Crippen molar-refractivity contribution in [1.29, 1.82) is 0 Å². The van der Waals surface area contributed by atoms with Gasteiger partial charge in [0.05, 0.1) is 31.5 Å². The molecule has 1 amide bonds. The summed E-state index contributed by atoms with van der Waals surface area (Å²) in [5.74, 6) is 0.239. The molecule has 11 heteroatoms. The van der Waals surface area contributed by atoms with Gasteiger partial charge in [0.1, 0.15) is 23.3 Å². The van der Waals surface area contributed by atoms with Crippen LogP contribution in [0.4, 0.5) is 4.79 Å². The topological polar surface area (TPSA) is 129 Å². The van der Waals surface area contributed by atoms with Crippen molar-refractivity contribution >= 4 is 11.8 Å². The number of nitrogens with zero attached hydrogens (tertiary/aromatic N) is 2. The number of carbonyl (C=O) groups is 1. The number of ether oxygens (including phenoxy) is 5. The Hall–Kier alpha value is -4.68. The Morgan fingerprint density at radius 3 is 2.42 bits per heavy atom. The quantitative estimate of drug-likeness (QED) is 0.0734. The summed E-state index contributed by atoms with van der Waals surface area (Å²) < 4.78 is 32.3. The zero-order valence-corrected chi connectivity index (χ0v) is 34.5. The highest BCUT2D eigenvalue weighted by Gasteiger charge is 2.65. The molecule has 2 heterocycles. The molecule has 2 aliphatic heterocycles. The third-order valence-corrected chi connectivity index (χ3v) is 12.3. The average Bonchev–Trinajstić information content (AvgIpc) is 3.27. The minimum absolute atomic E-state index is 0.0826. The van der Waals surface area contributed by atoms with E-state index in [1.54, 1.807) is 24.9 Å². The first-order valence-electron chi connectivity index (χ1n) is 21.5. The van der Waals surface area contributed by atoms with Crippen LogP contribution in [0.1, 0.15) is 82.6 Å². The van der Waals surface area contributed by atoms with Gasteiger partial charge >= 0.3 is 6.09 Å². The molecule has 0 spiro atoms. The number of hydrogen-bond acceptors (Lipinski definition) is 10. The van der Waals surface area contributed by atoms with Gasteiger partial charge in [-0.25, -0.2) is 4.79 Å². The van der Waals surface area contributed by atoms with Crippen LogP contribution in [-0.4, -0.2) is 85.1 Å². The highest BCUT2D eigenvalue weighted by Crippen LogP contribution is 2.62. The Bertz CT molecular complexity index is 1910. The number of amides is 1. The standard InChI is InChI=1S/C48H60N2O9/c1-4-28-56-48-43(50(3)47(53)54-5-2)32-41(49-59-44-19-11-14-29-55-44)39-30-35(17-9-12-26-51)38(18-10-13-27-52)45(46(39)48)40-31-37(24-25-42(40)58-48)57-36-22-20-34(21-23-36)33-15-7-6-8-16-33/h4,6-8,15-16,20-25,30-31,35,38,43-46,51-52H,1,5,9-14,17-19,26-29,32H2,2-3H3/t35-,38+,43-,44?,45+,46+,48+/m0/s1. The fraction of sp³-hybridized carbons (Fsp3) is 0.500. The maximum absolute atomic E-state index is 13.7. The summed E-state index contributed by atoms with van der Waals surface area (Å²) in [6.07, 6.45) is 10.8. The van der Waals surface area contributed by atoms with Crippen LogP contribution in [0.5, 0.6) is 17.2 Å². The number of aliphatic hydroxyl groups excluding tert-OH is 2. The second kappa shape index (κ2) is 20.1. The summed E-state index contributed by atoms with van der Waals surface area (Å²) in [5, 5.41) is 24.7. The van der Waals surface area contributed by atoms with E-state index >= 15 is 0 Å². The van der Waals surface area contributed by atoms with Crippen LogP contribution in [0, 0.1) is 17.8 Å². The van der Waals surface area contributed by atoms with Gasteiger partial charge in [-0.15, -0.1) is 6.58 Å². The first-order chi connectivity index (χ1) is 28.9. The summed E-state index contributed by atoms with van der Waals surface area (Å²) in [6, 6.07) is 23.6. The molecule has 11 nitrogen and oxygen atoms in total. The van der Waals surface area contributed by atoms with Crippen molar-refractivity contribution in [1.82, 2.24) is 4.90 Å². The van der Waals surface area contributed by atoms with Crippen LogP contribution in [-0.2, 0) is 19.0 Å². The van der Waals surface area contributed by atoms with Crippen molar-refractivity contribution in [3.63, 3.8) is 0 Å². The van der Waals surface area contributed by atoms with Crippen LogP contribution < -0.4 is 9.47 Å². The minimum Gasteiger partial charge on any atom is -0.459 e. The molecule has 1 unspecified atom stereocenters. The van der Waals surface area contributed by atoms with Gasteiger partial charge in [-0.05, 0) is 104 Å². The molecule has 2 fully saturated rings. The maximum atomic E-state index is 13.7. The first-order valence-corrected chi connectivity index (χ1v) is 21.5. The molecule has 59 heavy (non-hydrogen) atoms. The van der Waals surface area contributed by atoms with Crippen molar-refractivity contribution in [3.8, 4) is 28.4 Å². The van der Waals surface area contributed by atoms with Crippen LogP contribution in [0.15, 0.2) is 102 Å². The Morgan fingerprint density at radius 1 is 0.966 bits per heavy atom. The van der Waals surface area contributed by atoms with E-state index in [2.05, 4.69) is 43.0 Å². The van der Waals surface area contributed by atoms with Crippen LogP contribution >= 0.6 is 0 Å². The Labute approximate surface area is 348 Å². The fourth-order valence-corrected chi connectivity index (χ4v) is 9.54. The van der Waals surface area contributed by atoms with E-state index in [0.29, 0.717) is 42.4 Å². The number of rotatable bonds is 18. The Morgan fingerprint density at radius 2 is 1.71 bits per heavy atom. The molecule has 1 saturated heterocycles. The number of hydrogen-bond donors (Lipinski definition) is 2. The van der Waals surface area contributed by atoms with Crippen molar-refractivity contribution < 1.29 is 43.5 Å². The van der Waals surface area contributed by atoms with Gasteiger partial charge in [0.25, 0.3) is 0 Å². The third-order valence-electron chi connectivity index (χ3n) is 12.3. The van der Waals surface area contributed by atoms with Gasteiger partial charge in [0.2, 0.25) is 12.1 Å². The monoisotopic (exact) mass is 808 g/mol. The predicted molar refractivity (Wildman–Crippen MR) is 226 cm³/mol. The summed E-state index contributed by atoms with van der Waals surface area (Å²) in [5.41, 5.74) is 4.89. The highest BCUT2D eigenvalue weighted by atomic mass is 16.8. The van der Waals surface area contributed by atoms with Gasteiger partial charge in [0, 0.05) is 44.6 Å². The smallest absolute Gasteiger partial charge is 0.409 e. The lowest BCUT2D eigenvalue weighted by Gasteiger charge is -2.59. The van der Waals surface area contributed by atoms with E-state index in [0.717, 1.165) is 67.2 Å². The first kappa shape index (κ1) is 42.4. The molecule has 3 aromatic carbocycles. The van der Waals surface area contributed by atoms with Crippen molar-refractivity contribution in [2.75, 3.05) is 40.1 Å². The molecule has 0 radical (unpaired) electrons. The molecule has 4 aliphatic rings. The van der Waals surface area contributed by atoms with E-state index < -0.39 is 30.1 Å². The molecule has 2 aliphatic carbocycles. The number of benzene rings is 3. The highest BCUT2D eigenvalue weighted by molar-refractivity contribution is 6.03. The number of oxime groups is 1. The third kappa shape index (κ3) is 9.39. The van der Waals surface area contributed by atoms with E-state index in [1.807, 2.05) is 42.5 Å². The normalized spacial score (nSPS) is 26.4. The summed E-state index contributed by atoms with van der Waals surface area (Å²) in [4.78, 5) is 21.5. The van der Waals surface area contributed by atoms with Crippen LogP contribution in [0.2, 0.25) is 0 Å². The second-order valence-electron chi connectivity index (χ2n) is 16.0. The summed E-state index contributed by atoms with van der Waals surface area (Å²) in [7, 11) is 1.73. The van der Waals surface area contributed by atoms with Crippen LogP contribution in [0.25, 0.3) is 11.1 Å². The van der Waals surface area contributed by atoms with Crippen molar-refractivity contribution in [3.05, 3.63) is 103 Å². The Kier molecular flexibility index (Phi) is 14.4. The second-order valence-corrected chi connectivity index (χ2v) is 16.0. The number of carbonyl (C=O) groups excluding carboxylic acids is 1. The molecular weight excluding hydrogens is 749 g/mol. The van der Waals surface area contributed by atoms with Gasteiger partial charge in [-0.1, -0.05) is 72.6 Å². The fourth-order valence-electron chi connectivity index (χ4n) is 9.54. The van der Waals surface area contributed by atoms with Gasteiger partial charge in [-0.2, -0.15) is 0 Å². The molecule has 3 aromatic rings. The van der Waals surface area contributed by atoms with Crippen LogP contribution in [0.3, 0.4) is 0 Å². The Balaban J connectivity index is 1.37. The molecule has 0 bridgehead atoms. The van der Waals surface area contributed by atoms with Gasteiger partial charge in [-0.3, -0.25) is 0 Å². The molecule has 7 rings (SSSR count). The molecule has 0 aromatic heterocycles. The number of fused-ring (bicyclic) bond motifs is 2. The van der Waals surface area contributed by atoms with Gasteiger partial charge < -0.3 is 43.6 Å². The number of aliphatic hydroxyl groups is 2. The van der Waals surface area contributed by atoms with E-state index in [1.165, 1.54) is 0 Å². The number of unbranched alkanes of at least 4 members (excludes halogenated alkanes) is 2. The molecule has 316 valence electrons. The molecule has 1 saturated carbocycles. The SMILES string of the molecule is C=CCO[C@@]12Oc3ccc(Oc4ccc(-c5ccccc5)cc4)cc3[C@H]3[C@H](CCCCO)[C@@H](CCCCO)C=C(C(=NOC4CCCCO4)C[C@@H]1N(C)C(=O)OCC)[C@H]32.